The van der Waals surface area contributed by atoms with E-state index < -0.39 is 10.1 Å². The molecule has 3 nitrogen and oxygen atoms in total. The SMILES string of the molecule is CCS(=O)(=O)OCCc1ccccc1. The lowest BCUT2D eigenvalue weighted by Crippen LogP contribution is -2.10. The normalized spacial score (nSPS) is 11.5. The summed E-state index contributed by atoms with van der Waals surface area (Å²) < 4.78 is 26.7. The molecule has 0 N–H and O–H groups in total. The first-order valence-electron chi connectivity index (χ1n) is 4.55. The fourth-order valence-corrected chi connectivity index (χ4v) is 1.52. The van der Waals surface area contributed by atoms with Crippen molar-refractivity contribution < 1.29 is 12.6 Å². The highest BCUT2D eigenvalue weighted by Crippen LogP contribution is 2.01. The molecule has 0 fully saturated rings. The van der Waals surface area contributed by atoms with Crippen LogP contribution in [0, 0.1) is 0 Å². The van der Waals surface area contributed by atoms with E-state index in [1.54, 1.807) is 6.92 Å². The molecule has 14 heavy (non-hydrogen) atoms. The fourth-order valence-electron chi connectivity index (χ4n) is 1.01. The van der Waals surface area contributed by atoms with Crippen LogP contribution in [0.15, 0.2) is 30.3 Å². The summed E-state index contributed by atoms with van der Waals surface area (Å²) in [4.78, 5) is 0. The van der Waals surface area contributed by atoms with Crippen molar-refractivity contribution in [2.75, 3.05) is 12.4 Å². The van der Waals surface area contributed by atoms with E-state index in [-0.39, 0.29) is 12.4 Å². The van der Waals surface area contributed by atoms with Crippen LogP contribution in [-0.4, -0.2) is 20.8 Å². The Hall–Kier alpha value is -0.870. The van der Waals surface area contributed by atoms with Crippen molar-refractivity contribution in [3.63, 3.8) is 0 Å². The molecule has 0 heterocycles. The van der Waals surface area contributed by atoms with E-state index in [2.05, 4.69) is 0 Å². The molecule has 0 aliphatic rings. The van der Waals surface area contributed by atoms with Crippen LogP contribution in [0.3, 0.4) is 0 Å². The van der Waals surface area contributed by atoms with Crippen LogP contribution in [0.4, 0.5) is 0 Å². The van der Waals surface area contributed by atoms with Gasteiger partial charge in [-0.05, 0) is 18.9 Å². The highest BCUT2D eigenvalue weighted by molar-refractivity contribution is 7.86. The summed E-state index contributed by atoms with van der Waals surface area (Å²) in [5, 5.41) is 0. The van der Waals surface area contributed by atoms with E-state index >= 15 is 0 Å². The first kappa shape index (κ1) is 11.2. The topological polar surface area (TPSA) is 43.4 Å². The van der Waals surface area contributed by atoms with Crippen molar-refractivity contribution in [1.82, 2.24) is 0 Å². The molecule has 0 saturated heterocycles. The van der Waals surface area contributed by atoms with Gasteiger partial charge in [-0.3, -0.25) is 4.18 Å². The second-order valence-corrected chi connectivity index (χ2v) is 4.83. The molecule has 78 valence electrons. The summed E-state index contributed by atoms with van der Waals surface area (Å²) in [6.45, 7) is 1.79. The van der Waals surface area contributed by atoms with Crippen LogP contribution >= 0.6 is 0 Å². The number of hydrogen-bond donors (Lipinski definition) is 0. The summed E-state index contributed by atoms with van der Waals surface area (Å²) in [6.07, 6.45) is 0.625. The standard InChI is InChI=1S/C10H14O3S/c1-2-14(11,12)13-9-8-10-6-4-3-5-7-10/h3-7H,2,8-9H2,1H3. The van der Waals surface area contributed by atoms with Crippen LogP contribution in [0.2, 0.25) is 0 Å². The summed E-state index contributed by atoms with van der Waals surface area (Å²) in [7, 11) is -3.29. The van der Waals surface area contributed by atoms with E-state index in [1.807, 2.05) is 30.3 Å². The van der Waals surface area contributed by atoms with Crippen LogP contribution in [0.25, 0.3) is 0 Å². The van der Waals surface area contributed by atoms with E-state index in [4.69, 9.17) is 4.18 Å². The number of rotatable bonds is 5. The van der Waals surface area contributed by atoms with Crippen LogP contribution in [0.5, 0.6) is 0 Å². The molecule has 0 atom stereocenters. The Morgan fingerprint density at radius 2 is 1.86 bits per heavy atom. The van der Waals surface area contributed by atoms with Crippen molar-refractivity contribution in [3.8, 4) is 0 Å². The zero-order valence-electron chi connectivity index (χ0n) is 8.14. The van der Waals surface area contributed by atoms with Crippen molar-refractivity contribution in [2.45, 2.75) is 13.3 Å². The predicted octanol–water partition coefficient (Wildman–Crippen LogP) is 1.60. The van der Waals surface area contributed by atoms with Gasteiger partial charge in [-0.25, -0.2) is 0 Å². The molecule has 0 amide bonds. The largest absolute Gasteiger partial charge is 0.270 e. The van der Waals surface area contributed by atoms with Crippen molar-refractivity contribution in [1.29, 1.82) is 0 Å². The Morgan fingerprint density at radius 1 is 1.21 bits per heavy atom. The highest BCUT2D eigenvalue weighted by atomic mass is 32.2. The lowest BCUT2D eigenvalue weighted by atomic mass is 10.2. The first-order chi connectivity index (χ1) is 6.64. The Kier molecular flexibility index (Phi) is 4.10. The van der Waals surface area contributed by atoms with Crippen LogP contribution < -0.4 is 0 Å². The van der Waals surface area contributed by atoms with Gasteiger partial charge in [-0.1, -0.05) is 30.3 Å². The van der Waals surface area contributed by atoms with Crippen molar-refractivity contribution in [3.05, 3.63) is 35.9 Å². The first-order valence-corrected chi connectivity index (χ1v) is 6.13. The summed E-state index contributed by atoms with van der Waals surface area (Å²) in [5.41, 5.74) is 1.08. The average Bonchev–Trinajstić information content (AvgIpc) is 2.19. The molecule has 0 radical (unpaired) electrons. The maximum absolute atomic E-state index is 11.0. The molecule has 0 unspecified atom stereocenters. The second-order valence-electron chi connectivity index (χ2n) is 2.90. The molecule has 0 spiro atoms. The average molecular weight is 214 g/mol. The van der Waals surface area contributed by atoms with Crippen LogP contribution in [0.1, 0.15) is 12.5 Å². The number of benzene rings is 1. The van der Waals surface area contributed by atoms with Gasteiger partial charge < -0.3 is 0 Å². The third-order valence-electron chi connectivity index (χ3n) is 1.85. The molecule has 0 bridgehead atoms. The number of hydrogen-bond acceptors (Lipinski definition) is 3. The van der Waals surface area contributed by atoms with Gasteiger partial charge in [0.2, 0.25) is 0 Å². The van der Waals surface area contributed by atoms with Gasteiger partial charge in [0.1, 0.15) is 0 Å². The monoisotopic (exact) mass is 214 g/mol. The van der Waals surface area contributed by atoms with Crippen molar-refractivity contribution >= 4 is 10.1 Å². The minimum absolute atomic E-state index is 0.0296. The molecule has 1 aromatic carbocycles. The predicted molar refractivity (Wildman–Crippen MR) is 55.6 cm³/mol. The molecule has 0 saturated carbocycles. The van der Waals surface area contributed by atoms with Crippen LogP contribution in [-0.2, 0) is 20.7 Å². The van der Waals surface area contributed by atoms with Gasteiger partial charge in [-0.15, -0.1) is 0 Å². The molecule has 1 aromatic rings. The van der Waals surface area contributed by atoms with Gasteiger partial charge in [0, 0.05) is 0 Å². The molecule has 1 rings (SSSR count). The van der Waals surface area contributed by atoms with Gasteiger partial charge in [0.05, 0.1) is 12.4 Å². The summed E-state index contributed by atoms with van der Waals surface area (Å²) in [5.74, 6) is 0.0296. The fraction of sp³-hybridized carbons (Fsp3) is 0.400. The third kappa shape index (κ3) is 3.89. The smallest absolute Gasteiger partial charge is 0.267 e. The highest BCUT2D eigenvalue weighted by Gasteiger charge is 2.06. The molecular formula is C10H14O3S. The Morgan fingerprint density at radius 3 is 2.43 bits per heavy atom. The lowest BCUT2D eigenvalue weighted by Gasteiger charge is -2.02. The Bertz CT molecular complexity index is 356. The molecule has 0 aromatic heterocycles. The quantitative estimate of drug-likeness (QED) is 0.699. The van der Waals surface area contributed by atoms with Gasteiger partial charge >= 0.3 is 0 Å². The van der Waals surface area contributed by atoms with E-state index in [1.165, 1.54) is 0 Å². The second kappa shape index (κ2) is 5.12. The zero-order valence-corrected chi connectivity index (χ0v) is 8.96. The maximum Gasteiger partial charge on any atom is 0.267 e. The van der Waals surface area contributed by atoms with Crippen molar-refractivity contribution in [2.24, 2.45) is 0 Å². The van der Waals surface area contributed by atoms with Gasteiger partial charge in [0.25, 0.3) is 10.1 Å². The summed E-state index contributed by atoms with van der Waals surface area (Å²) in [6, 6.07) is 9.66. The van der Waals surface area contributed by atoms with E-state index in [9.17, 15) is 8.42 Å². The molecule has 4 heteroatoms. The minimum Gasteiger partial charge on any atom is -0.270 e. The maximum atomic E-state index is 11.0. The van der Waals surface area contributed by atoms with Gasteiger partial charge in [-0.2, -0.15) is 8.42 Å². The Labute approximate surface area is 84.8 Å². The minimum atomic E-state index is -3.29. The van der Waals surface area contributed by atoms with E-state index in [0.717, 1.165) is 5.56 Å². The summed E-state index contributed by atoms with van der Waals surface area (Å²) >= 11 is 0. The Balaban J connectivity index is 2.37. The van der Waals surface area contributed by atoms with E-state index in [0.29, 0.717) is 6.42 Å². The lowest BCUT2D eigenvalue weighted by molar-refractivity contribution is 0.323. The van der Waals surface area contributed by atoms with Gasteiger partial charge in [0.15, 0.2) is 0 Å². The molecular weight excluding hydrogens is 200 g/mol. The zero-order chi connectivity index (χ0) is 10.4. The molecule has 0 aliphatic heterocycles. The molecule has 0 aliphatic carbocycles. The third-order valence-corrected chi connectivity index (χ3v) is 3.08.